The zero-order chi connectivity index (χ0) is 60.9. The Labute approximate surface area is 507 Å². The van der Waals surface area contributed by atoms with Crippen molar-refractivity contribution in [2.75, 3.05) is 101 Å². The Kier molecular flexibility index (Phi) is 18.1. The summed E-state index contributed by atoms with van der Waals surface area (Å²) in [5.74, 6) is -2.15. The second-order valence-electron chi connectivity index (χ2n) is 22.2. The maximum Gasteiger partial charge on any atom is 0.335 e. The highest BCUT2D eigenvalue weighted by Gasteiger charge is 2.44. The molecular formula is C63H68N8O15S. The molecule has 6 aliphatic rings. The van der Waals surface area contributed by atoms with Crippen LogP contribution in [0.2, 0.25) is 0 Å². The molecule has 23 nitrogen and oxygen atoms in total. The quantitative estimate of drug-likeness (QED) is 0.0449. The number of imide groups is 2. The number of aromatic nitrogens is 1. The number of aliphatic imine (C=N–C) groups is 1. The van der Waals surface area contributed by atoms with Crippen molar-refractivity contribution in [3.8, 4) is 23.0 Å². The Morgan fingerprint density at radius 2 is 1.32 bits per heavy atom. The first-order valence-electron chi connectivity index (χ1n) is 28.9. The van der Waals surface area contributed by atoms with Crippen LogP contribution in [0.3, 0.4) is 0 Å². The number of ether oxygens (including phenoxy) is 7. The lowest BCUT2D eigenvalue weighted by Gasteiger charge is -2.35. The molecule has 2 fully saturated rings. The summed E-state index contributed by atoms with van der Waals surface area (Å²) in [5.41, 5.74) is 7.38. The molecule has 7 heterocycles. The van der Waals surface area contributed by atoms with E-state index in [0.717, 1.165) is 27.4 Å². The number of amides is 6. The van der Waals surface area contributed by atoms with Gasteiger partial charge >= 0.3 is 5.97 Å². The van der Waals surface area contributed by atoms with E-state index in [9.17, 15) is 33.6 Å². The number of anilines is 4. The normalized spacial score (nSPS) is 18.4. The number of hydrogen-bond donors (Lipinski definition) is 1. The molecule has 0 bridgehead atoms. The van der Waals surface area contributed by atoms with Gasteiger partial charge in [0, 0.05) is 99.1 Å². The van der Waals surface area contributed by atoms with Crippen LogP contribution in [0.1, 0.15) is 82.8 Å². The summed E-state index contributed by atoms with van der Waals surface area (Å²) in [5, 5.41) is 3.14. The maximum atomic E-state index is 14.3. The minimum Gasteiger partial charge on any atom is -0.493 e. The summed E-state index contributed by atoms with van der Waals surface area (Å²) in [6.45, 7) is 6.41. The van der Waals surface area contributed by atoms with E-state index in [0.29, 0.717) is 127 Å². The lowest BCUT2D eigenvalue weighted by molar-refractivity contribution is -0.197. The van der Waals surface area contributed by atoms with Gasteiger partial charge in [0.2, 0.25) is 11.8 Å². The number of carbonyl (C=O) groups is 7. The second kappa shape index (κ2) is 26.2. The van der Waals surface area contributed by atoms with Gasteiger partial charge in [-0.05, 0) is 67.8 Å². The highest BCUT2D eigenvalue weighted by atomic mass is 32.2. The molecule has 6 amide bonds. The number of benzene rings is 4. The third kappa shape index (κ3) is 13.1. The number of thioether (sulfide) groups is 1. The second-order valence-corrected chi connectivity index (χ2v) is 24.1. The van der Waals surface area contributed by atoms with Crippen molar-refractivity contribution in [3.05, 3.63) is 119 Å². The van der Waals surface area contributed by atoms with Crippen LogP contribution in [0, 0.1) is 0 Å². The highest BCUT2D eigenvalue weighted by Crippen LogP contribution is 2.44. The molecule has 0 aliphatic carbocycles. The number of hydrogen-bond acceptors (Lipinski definition) is 20. The van der Waals surface area contributed by atoms with Crippen molar-refractivity contribution in [2.45, 2.75) is 87.7 Å². The monoisotopic (exact) mass is 1210 g/mol. The standard InChI is InChI=1S/C63H68N8O15S/c1-63(2,87-55-32-58(74)68(62(55)78)17-16-59(75)86-71-56(72)14-15-57(71)73)37-67(18-19-82-22-23-83-21-20-79-3)42-26-40(35-84-53-30-47-45(28-51(53)80-4)60(76)69-43(33-64-47)24-38-10-6-8-12-49(38)69)66-41(27-42)36-85-54-31-48-46(29-52(54)81-5)61(77)70-44(34-65-48)25-39-11-7-9-13-50(39)70/h6-13,26-31,33,43-44,55,65H,14-25,32,34-37H2,1-5H3/t43-,44-,55?/m0/s1. The van der Waals surface area contributed by atoms with Gasteiger partial charge < -0.3 is 53.1 Å². The van der Waals surface area contributed by atoms with Gasteiger partial charge in [0.1, 0.15) is 13.2 Å². The Morgan fingerprint density at radius 1 is 0.701 bits per heavy atom. The van der Waals surface area contributed by atoms with E-state index in [-0.39, 0.29) is 69.5 Å². The van der Waals surface area contributed by atoms with Crippen LogP contribution < -0.4 is 39.0 Å². The number of hydroxylamine groups is 2. The van der Waals surface area contributed by atoms with Gasteiger partial charge in [-0.15, -0.1) is 16.8 Å². The predicted molar refractivity (Wildman–Crippen MR) is 321 cm³/mol. The lowest BCUT2D eigenvalue weighted by atomic mass is 10.1. The van der Waals surface area contributed by atoms with Crippen molar-refractivity contribution in [1.29, 1.82) is 0 Å². The minimum absolute atomic E-state index is 0.0696. The van der Waals surface area contributed by atoms with Gasteiger partial charge in [-0.2, -0.15) is 0 Å². The van der Waals surface area contributed by atoms with Crippen LogP contribution in [0.15, 0.2) is 89.9 Å². The molecule has 1 N–H and O–H groups in total. The van der Waals surface area contributed by atoms with Crippen LogP contribution in [-0.2, 0) is 69.1 Å². The molecule has 5 aromatic rings. The average molecular weight is 1210 g/mol. The van der Waals surface area contributed by atoms with Crippen LogP contribution in [-0.4, -0.2) is 165 Å². The molecule has 87 heavy (non-hydrogen) atoms. The molecule has 0 spiro atoms. The molecule has 4 aromatic carbocycles. The van der Waals surface area contributed by atoms with Gasteiger partial charge in [-0.3, -0.25) is 48.5 Å². The van der Waals surface area contributed by atoms with E-state index in [1.807, 2.05) is 79.4 Å². The van der Waals surface area contributed by atoms with Gasteiger partial charge in [-0.1, -0.05) is 36.4 Å². The van der Waals surface area contributed by atoms with Gasteiger partial charge in [-0.25, -0.2) is 4.79 Å². The SMILES string of the molecule is COCCOCCOCCN(CC(C)(C)SC1CC(=O)N(CCC(=O)ON2C(=O)CCC2=O)C1=O)c1cc(COc2cc3c(cc2OC)C(=O)N2c4ccccc4C[C@H]2C=N3)nc(COc2cc3c(cc2OC)C(=O)N2c4ccccc4C[C@H]2CN3)c1. The first-order valence-corrected chi connectivity index (χ1v) is 29.8. The zero-order valence-corrected chi connectivity index (χ0v) is 49.9. The fourth-order valence-corrected chi connectivity index (χ4v) is 13.1. The van der Waals surface area contributed by atoms with Crippen molar-refractivity contribution in [3.63, 3.8) is 0 Å². The van der Waals surface area contributed by atoms with Gasteiger partial charge in [0.15, 0.2) is 23.0 Å². The first kappa shape index (κ1) is 60.1. The van der Waals surface area contributed by atoms with Crippen molar-refractivity contribution in [2.24, 2.45) is 4.99 Å². The van der Waals surface area contributed by atoms with Crippen LogP contribution in [0.5, 0.6) is 23.0 Å². The number of fused-ring (bicyclic) bond motifs is 8. The number of nitrogens with one attached hydrogen (secondary N) is 1. The topological polar surface area (TPSA) is 247 Å². The summed E-state index contributed by atoms with van der Waals surface area (Å²) < 4.78 is 41.1. The fourth-order valence-electron chi connectivity index (χ4n) is 11.7. The van der Waals surface area contributed by atoms with Crippen molar-refractivity contribution in [1.82, 2.24) is 14.9 Å². The number of carbonyl (C=O) groups excluding carboxylic acids is 7. The Morgan fingerprint density at radius 3 is 2.01 bits per heavy atom. The molecular weight excluding hydrogens is 1140 g/mol. The number of nitrogens with zero attached hydrogens (tertiary/aromatic N) is 7. The largest absolute Gasteiger partial charge is 0.493 e. The molecule has 2 saturated heterocycles. The Bertz CT molecular complexity index is 3530. The van der Waals surface area contributed by atoms with E-state index in [4.69, 9.17) is 48.0 Å². The van der Waals surface area contributed by atoms with Crippen LogP contribution in [0.25, 0.3) is 0 Å². The molecule has 456 valence electrons. The zero-order valence-electron chi connectivity index (χ0n) is 49.1. The highest BCUT2D eigenvalue weighted by molar-refractivity contribution is 8.02. The lowest BCUT2D eigenvalue weighted by Crippen LogP contribution is -2.41. The minimum atomic E-state index is -0.922. The fraction of sp³-hybridized carbons (Fsp3) is 0.413. The number of likely N-dealkylation sites (tertiary alicyclic amines) is 1. The molecule has 0 radical (unpaired) electrons. The number of rotatable bonds is 26. The summed E-state index contributed by atoms with van der Waals surface area (Å²) in [7, 11) is 4.62. The van der Waals surface area contributed by atoms with Gasteiger partial charge in [0.25, 0.3) is 23.6 Å². The van der Waals surface area contributed by atoms with Crippen LogP contribution >= 0.6 is 11.8 Å². The van der Waals surface area contributed by atoms with Crippen LogP contribution in [0.4, 0.5) is 28.4 Å². The summed E-state index contributed by atoms with van der Waals surface area (Å²) in [4.78, 5) is 114. The van der Waals surface area contributed by atoms with E-state index in [2.05, 4.69) is 10.2 Å². The maximum absolute atomic E-state index is 14.3. The Balaban J connectivity index is 0.871. The summed E-state index contributed by atoms with van der Waals surface area (Å²) in [6, 6.07) is 26.0. The number of para-hydroxylation sites is 2. The summed E-state index contributed by atoms with van der Waals surface area (Å²) >= 11 is 1.32. The molecule has 3 atom stereocenters. The molecule has 1 unspecified atom stereocenters. The average Bonchev–Trinajstić information content (AvgIpc) is 3.32. The number of pyridine rings is 1. The number of methoxy groups -OCH3 is 3. The van der Waals surface area contributed by atoms with Crippen molar-refractivity contribution >= 4 is 87.8 Å². The third-order valence-electron chi connectivity index (χ3n) is 15.8. The van der Waals surface area contributed by atoms with E-state index in [1.54, 1.807) is 42.5 Å². The molecule has 6 aliphatic heterocycles. The van der Waals surface area contributed by atoms with E-state index < -0.39 is 46.0 Å². The first-order chi connectivity index (χ1) is 42.1. The third-order valence-corrected chi connectivity index (χ3v) is 17.2. The molecule has 0 saturated carbocycles. The van der Waals surface area contributed by atoms with E-state index in [1.165, 1.54) is 26.0 Å². The van der Waals surface area contributed by atoms with Crippen molar-refractivity contribution < 1.29 is 71.6 Å². The Hall–Kier alpha value is -8.58. The van der Waals surface area contributed by atoms with Gasteiger partial charge in [0.05, 0.1) is 105 Å². The smallest absolute Gasteiger partial charge is 0.335 e. The molecule has 1 aromatic heterocycles. The molecule has 11 rings (SSSR count). The molecule has 24 heteroatoms. The summed E-state index contributed by atoms with van der Waals surface area (Å²) in [6.07, 6.45) is 2.47. The predicted octanol–water partition coefficient (Wildman–Crippen LogP) is 6.66. The van der Waals surface area contributed by atoms with E-state index >= 15 is 0 Å².